The number of nitrogens with one attached hydrogen (secondary N) is 1. The molecule has 1 fully saturated rings. The van der Waals surface area contributed by atoms with Crippen LogP contribution in [0.1, 0.15) is 31.1 Å². The van der Waals surface area contributed by atoms with Crippen molar-refractivity contribution in [2.24, 2.45) is 0 Å². The maximum Gasteiger partial charge on any atom is 0.338 e. The van der Waals surface area contributed by atoms with E-state index >= 15 is 0 Å². The maximum atomic E-state index is 12.9. The molecule has 0 spiro atoms. The highest BCUT2D eigenvalue weighted by atomic mass is 16.6. The van der Waals surface area contributed by atoms with Crippen molar-refractivity contribution in [1.29, 1.82) is 0 Å². The molecule has 3 aromatic carbocycles. The molecule has 4 rings (SSSR count). The zero-order chi connectivity index (χ0) is 24.6. The summed E-state index contributed by atoms with van der Waals surface area (Å²) in [5.41, 5.74) is 0.839. The van der Waals surface area contributed by atoms with E-state index in [1.807, 2.05) is 0 Å². The zero-order valence-corrected chi connectivity index (χ0v) is 18.8. The third-order valence-electron chi connectivity index (χ3n) is 5.54. The van der Waals surface area contributed by atoms with E-state index < -0.39 is 42.3 Å². The first-order valence-electron chi connectivity index (χ1n) is 11.2. The van der Waals surface area contributed by atoms with Crippen LogP contribution in [0.5, 0.6) is 0 Å². The van der Waals surface area contributed by atoms with Crippen LogP contribution in [-0.2, 0) is 14.2 Å². The van der Waals surface area contributed by atoms with Crippen molar-refractivity contribution >= 4 is 17.9 Å². The number of carbonyl (C=O) groups is 3. The van der Waals surface area contributed by atoms with Crippen molar-refractivity contribution < 1.29 is 33.7 Å². The largest absolute Gasteiger partial charge is 0.453 e. The summed E-state index contributed by atoms with van der Waals surface area (Å²) in [4.78, 5) is 38.5. The first-order valence-corrected chi connectivity index (χ1v) is 11.2. The Bertz CT molecular complexity index is 1140. The lowest BCUT2D eigenvalue weighted by Gasteiger charge is -2.32. The molecule has 1 aliphatic rings. The lowest BCUT2D eigenvalue weighted by molar-refractivity contribution is -0.109. The van der Waals surface area contributed by atoms with E-state index in [-0.39, 0.29) is 24.2 Å². The molecular weight excluding hydrogens is 450 g/mol. The fraction of sp³-hybridized carbons (Fsp3) is 0.222. The smallest absolute Gasteiger partial charge is 0.338 e. The molecule has 4 atom stereocenters. The maximum absolute atomic E-state index is 12.9. The van der Waals surface area contributed by atoms with Crippen LogP contribution in [0, 0.1) is 0 Å². The van der Waals surface area contributed by atoms with Crippen LogP contribution in [0.4, 0.5) is 0 Å². The van der Waals surface area contributed by atoms with Gasteiger partial charge >= 0.3 is 17.9 Å². The second-order valence-electron chi connectivity index (χ2n) is 8.01. The minimum Gasteiger partial charge on any atom is -0.453 e. The highest BCUT2D eigenvalue weighted by Gasteiger charge is 2.44. The van der Waals surface area contributed by atoms with Gasteiger partial charge in [0.15, 0.2) is 18.3 Å². The van der Waals surface area contributed by atoms with Crippen molar-refractivity contribution in [3.8, 4) is 0 Å². The van der Waals surface area contributed by atoms with Gasteiger partial charge in [0.25, 0.3) is 0 Å². The van der Waals surface area contributed by atoms with Gasteiger partial charge in [-0.05, 0) is 36.4 Å². The number of hydrogen-bond acceptors (Lipinski definition) is 8. The fourth-order valence-corrected chi connectivity index (χ4v) is 3.75. The van der Waals surface area contributed by atoms with Gasteiger partial charge in [0.1, 0.15) is 6.10 Å². The van der Waals surface area contributed by atoms with Gasteiger partial charge in [-0.25, -0.2) is 14.4 Å². The summed E-state index contributed by atoms with van der Waals surface area (Å²) in [6, 6.07) is 24.9. The standard InChI is InChI=1S/C27H25NO7/c29-21-16-28-17-22(33-25(30)18-10-4-1-5-11-18)24(35-27(32)20-14-8-3-9-15-20)23(21)34-26(31)19-12-6-2-7-13-19/h1-15,21-24,28-29H,16-17H2/t21-,22+,23-,24-/m1/s1. The molecule has 35 heavy (non-hydrogen) atoms. The van der Waals surface area contributed by atoms with Crippen molar-refractivity contribution in [3.63, 3.8) is 0 Å². The molecule has 8 nitrogen and oxygen atoms in total. The molecule has 0 amide bonds. The topological polar surface area (TPSA) is 111 Å². The van der Waals surface area contributed by atoms with E-state index in [0.717, 1.165) is 0 Å². The van der Waals surface area contributed by atoms with Gasteiger partial charge < -0.3 is 24.6 Å². The van der Waals surface area contributed by atoms with Gasteiger partial charge in [0.05, 0.1) is 16.7 Å². The Morgan fingerprint density at radius 2 is 1.00 bits per heavy atom. The molecule has 1 aliphatic heterocycles. The molecular formula is C27H25NO7. The molecule has 1 heterocycles. The third kappa shape index (κ3) is 6.11. The second kappa shape index (κ2) is 11.4. The normalized spacial score (nSPS) is 21.9. The van der Waals surface area contributed by atoms with E-state index in [0.29, 0.717) is 5.56 Å². The third-order valence-corrected chi connectivity index (χ3v) is 5.54. The Balaban J connectivity index is 1.63. The van der Waals surface area contributed by atoms with E-state index in [9.17, 15) is 19.5 Å². The Morgan fingerprint density at radius 3 is 1.46 bits per heavy atom. The number of hydrogen-bond donors (Lipinski definition) is 2. The average molecular weight is 475 g/mol. The summed E-state index contributed by atoms with van der Waals surface area (Å²) in [6.45, 7) is 0.104. The highest BCUT2D eigenvalue weighted by Crippen LogP contribution is 2.22. The van der Waals surface area contributed by atoms with Crippen LogP contribution in [0.2, 0.25) is 0 Å². The number of β-amino-alcohol motifs (C(OH)–C–C–N with tert-alkyl or cyclic N) is 1. The predicted octanol–water partition coefficient (Wildman–Crippen LogP) is 2.63. The highest BCUT2D eigenvalue weighted by molar-refractivity contribution is 5.91. The van der Waals surface area contributed by atoms with Crippen molar-refractivity contribution in [2.45, 2.75) is 24.4 Å². The van der Waals surface area contributed by atoms with Crippen LogP contribution in [0.15, 0.2) is 91.0 Å². The van der Waals surface area contributed by atoms with Gasteiger partial charge in [0.2, 0.25) is 0 Å². The predicted molar refractivity (Wildman–Crippen MR) is 126 cm³/mol. The van der Waals surface area contributed by atoms with E-state index in [1.54, 1.807) is 91.0 Å². The number of benzene rings is 3. The summed E-state index contributed by atoms with van der Waals surface area (Å²) in [7, 11) is 0. The van der Waals surface area contributed by atoms with Gasteiger partial charge in [-0.3, -0.25) is 0 Å². The van der Waals surface area contributed by atoms with Gasteiger partial charge in [-0.2, -0.15) is 0 Å². The number of carbonyl (C=O) groups excluding carboxylic acids is 3. The fourth-order valence-electron chi connectivity index (χ4n) is 3.75. The SMILES string of the molecule is O=C(O[C@H]1[C@H](OC(=O)c2ccccc2)[C@@H](OC(=O)c2ccccc2)CNC[C@H]1O)c1ccccc1. The Kier molecular flexibility index (Phi) is 7.87. The van der Waals surface area contributed by atoms with Gasteiger partial charge in [0, 0.05) is 13.1 Å². The molecule has 1 saturated heterocycles. The molecule has 0 aromatic heterocycles. The lowest BCUT2D eigenvalue weighted by Crippen LogP contribution is -2.50. The number of ether oxygens (including phenoxy) is 3. The average Bonchev–Trinajstić information content (AvgIpc) is 3.04. The van der Waals surface area contributed by atoms with Crippen LogP contribution in [-0.4, -0.2) is 60.5 Å². The molecule has 0 aliphatic carbocycles. The molecule has 8 heteroatoms. The number of rotatable bonds is 6. The Hall–Kier alpha value is -4.01. The number of aliphatic hydroxyl groups excluding tert-OH is 1. The lowest BCUT2D eigenvalue weighted by atomic mass is 10.0. The summed E-state index contributed by atoms with van der Waals surface area (Å²) in [6.07, 6.45) is -4.83. The van der Waals surface area contributed by atoms with Crippen molar-refractivity contribution in [2.75, 3.05) is 13.1 Å². The first-order chi connectivity index (χ1) is 17.0. The summed E-state index contributed by atoms with van der Waals surface area (Å²) >= 11 is 0. The van der Waals surface area contributed by atoms with Crippen LogP contribution in [0.25, 0.3) is 0 Å². The quantitative estimate of drug-likeness (QED) is 0.414. The first kappa shape index (κ1) is 24.1. The van der Waals surface area contributed by atoms with Crippen LogP contribution >= 0.6 is 0 Å². The van der Waals surface area contributed by atoms with Gasteiger partial charge in [-0.15, -0.1) is 0 Å². The number of aliphatic hydroxyl groups is 1. The molecule has 0 unspecified atom stereocenters. The minimum atomic E-state index is -1.29. The number of esters is 3. The van der Waals surface area contributed by atoms with E-state index in [4.69, 9.17) is 14.2 Å². The second-order valence-corrected chi connectivity index (χ2v) is 8.01. The van der Waals surface area contributed by atoms with Crippen LogP contribution < -0.4 is 5.32 Å². The van der Waals surface area contributed by atoms with Crippen LogP contribution in [0.3, 0.4) is 0 Å². The van der Waals surface area contributed by atoms with Gasteiger partial charge in [-0.1, -0.05) is 54.6 Å². The molecule has 0 saturated carbocycles. The summed E-state index contributed by atoms with van der Waals surface area (Å²) in [5.74, 6) is -2.04. The van der Waals surface area contributed by atoms with Crippen molar-refractivity contribution in [1.82, 2.24) is 5.32 Å². The minimum absolute atomic E-state index is 0.0332. The summed E-state index contributed by atoms with van der Waals surface area (Å²) < 4.78 is 17.1. The van der Waals surface area contributed by atoms with Crippen molar-refractivity contribution in [3.05, 3.63) is 108 Å². The Morgan fingerprint density at radius 1 is 0.600 bits per heavy atom. The monoisotopic (exact) mass is 475 g/mol. The molecule has 0 bridgehead atoms. The summed E-state index contributed by atoms with van der Waals surface area (Å²) in [5, 5.41) is 13.8. The zero-order valence-electron chi connectivity index (χ0n) is 18.8. The van der Waals surface area contributed by atoms with E-state index in [1.165, 1.54) is 0 Å². The molecule has 180 valence electrons. The molecule has 0 radical (unpaired) electrons. The Labute approximate surface area is 202 Å². The van der Waals surface area contributed by atoms with E-state index in [2.05, 4.69) is 5.32 Å². The molecule has 3 aromatic rings. The molecule has 2 N–H and O–H groups in total.